The van der Waals surface area contributed by atoms with Gasteiger partial charge in [0, 0.05) is 0 Å². The molecule has 1 aliphatic carbocycles. The first kappa shape index (κ1) is 10.6. The highest BCUT2D eigenvalue weighted by atomic mass is 79.9. The molecule has 0 saturated heterocycles. The Labute approximate surface area is 104 Å². The fourth-order valence-electron chi connectivity index (χ4n) is 1.56. The minimum atomic E-state index is -1.02. The summed E-state index contributed by atoms with van der Waals surface area (Å²) in [7, 11) is 0. The fraction of sp³-hybridized carbons (Fsp3) is 0.300. The molecule has 1 amide bonds. The van der Waals surface area contributed by atoms with Crippen LogP contribution in [0.1, 0.15) is 6.42 Å². The van der Waals surface area contributed by atoms with Gasteiger partial charge in [0.2, 0.25) is 11.9 Å². The Hall–Kier alpha value is -1.50. The Morgan fingerprint density at radius 1 is 1.59 bits per heavy atom. The summed E-state index contributed by atoms with van der Waals surface area (Å²) >= 11 is 3.31. The van der Waals surface area contributed by atoms with Crippen LogP contribution in [0.5, 0.6) is 0 Å². The number of rotatable bonds is 2. The van der Waals surface area contributed by atoms with E-state index in [2.05, 4.69) is 31.3 Å². The molecular formula is C10H8BrFN4O. The van der Waals surface area contributed by atoms with E-state index in [4.69, 9.17) is 0 Å². The van der Waals surface area contributed by atoms with Crippen LogP contribution in [0, 0.1) is 5.92 Å². The number of pyridine rings is 1. The van der Waals surface area contributed by atoms with Gasteiger partial charge in [-0.3, -0.25) is 10.1 Å². The van der Waals surface area contributed by atoms with Crippen LogP contribution in [-0.4, -0.2) is 26.7 Å². The van der Waals surface area contributed by atoms with Gasteiger partial charge in [-0.05, 0) is 34.5 Å². The van der Waals surface area contributed by atoms with Crippen LogP contribution in [0.4, 0.5) is 10.3 Å². The molecule has 0 unspecified atom stereocenters. The molecule has 2 atom stereocenters. The molecule has 0 spiro atoms. The Balaban J connectivity index is 1.86. The Kier molecular flexibility index (Phi) is 2.36. The number of alkyl halides is 1. The van der Waals surface area contributed by atoms with Crippen LogP contribution >= 0.6 is 15.9 Å². The van der Waals surface area contributed by atoms with Gasteiger partial charge in [0.05, 0.1) is 5.92 Å². The lowest BCUT2D eigenvalue weighted by Crippen LogP contribution is -2.16. The maximum absolute atomic E-state index is 12.7. The number of nitrogens with zero attached hydrogens (tertiary/aromatic N) is 3. The molecule has 17 heavy (non-hydrogen) atoms. The highest BCUT2D eigenvalue weighted by Crippen LogP contribution is 2.34. The zero-order valence-corrected chi connectivity index (χ0v) is 10.2. The van der Waals surface area contributed by atoms with E-state index < -0.39 is 12.1 Å². The van der Waals surface area contributed by atoms with Crippen molar-refractivity contribution in [3.05, 3.63) is 22.8 Å². The number of aromatic nitrogens is 3. The second kappa shape index (κ2) is 3.76. The zero-order chi connectivity index (χ0) is 12.0. The minimum absolute atomic E-state index is 0.195. The van der Waals surface area contributed by atoms with E-state index in [9.17, 15) is 9.18 Å². The number of amides is 1. The summed E-state index contributed by atoms with van der Waals surface area (Å²) in [4.78, 5) is 15.6. The number of anilines is 1. The lowest BCUT2D eigenvalue weighted by Gasteiger charge is -1.96. The number of nitrogens with one attached hydrogen (secondary N) is 1. The van der Waals surface area contributed by atoms with Crippen LogP contribution in [-0.2, 0) is 4.79 Å². The Morgan fingerprint density at radius 2 is 2.35 bits per heavy atom. The summed E-state index contributed by atoms with van der Waals surface area (Å²) in [6.07, 6.45) is -0.720. The maximum atomic E-state index is 12.7. The van der Waals surface area contributed by atoms with Gasteiger partial charge in [0.15, 0.2) is 5.65 Å². The van der Waals surface area contributed by atoms with E-state index in [0.717, 1.165) is 4.60 Å². The molecule has 0 aliphatic heterocycles. The van der Waals surface area contributed by atoms with Gasteiger partial charge in [-0.1, -0.05) is 6.07 Å². The predicted molar refractivity (Wildman–Crippen MR) is 62.3 cm³/mol. The zero-order valence-electron chi connectivity index (χ0n) is 8.60. The molecule has 0 radical (unpaired) electrons. The third-order valence-corrected chi connectivity index (χ3v) is 3.20. The molecule has 1 fully saturated rings. The monoisotopic (exact) mass is 298 g/mol. The quantitative estimate of drug-likeness (QED) is 0.860. The van der Waals surface area contributed by atoms with Crippen molar-refractivity contribution in [3.8, 4) is 0 Å². The molecule has 88 valence electrons. The summed E-state index contributed by atoms with van der Waals surface area (Å²) in [5, 5.41) is 6.60. The molecule has 2 aromatic rings. The maximum Gasteiger partial charge on any atom is 0.249 e. The summed E-state index contributed by atoms with van der Waals surface area (Å²) < 4.78 is 15.0. The average molecular weight is 299 g/mol. The molecule has 2 heterocycles. The number of halogens is 2. The van der Waals surface area contributed by atoms with Crippen molar-refractivity contribution in [1.82, 2.24) is 14.6 Å². The fourth-order valence-corrected chi connectivity index (χ4v) is 1.98. The van der Waals surface area contributed by atoms with Crippen molar-refractivity contribution >= 4 is 33.4 Å². The van der Waals surface area contributed by atoms with Crippen LogP contribution in [0.2, 0.25) is 0 Å². The van der Waals surface area contributed by atoms with E-state index in [1.54, 1.807) is 10.6 Å². The van der Waals surface area contributed by atoms with E-state index in [1.165, 1.54) is 0 Å². The van der Waals surface area contributed by atoms with E-state index >= 15 is 0 Å². The Morgan fingerprint density at radius 3 is 3.00 bits per heavy atom. The Bertz CT molecular complexity index is 599. The second-order valence-electron chi connectivity index (χ2n) is 3.90. The number of hydrogen-bond acceptors (Lipinski definition) is 3. The van der Waals surface area contributed by atoms with E-state index in [1.807, 2.05) is 12.1 Å². The molecule has 5 nitrogen and oxygen atoms in total. The summed E-state index contributed by atoms with van der Waals surface area (Å²) in [5.74, 6) is -0.699. The standard InChI is InChI=1S/C10H8BrFN4O/c11-7-2-1-3-8-13-10(15-16(7)8)14-9(17)5-4-6(5)12/h1-3,5-6H,4H2,(H,14,15,17)/t5-,6-/m1/s1. The van der Waals surface area contributed by atoms with Crippen LogP contribution in [0.25, 0.3) is 5.65 Å². The number of hydrogen-bond donors (Lipinski definition) is 1. The third kappa shape index (κ3) is 1.90. The molecule has 2 aromatic heterocycles. The van der Waals surface area contributed by atoms with Crippen LogP contribution < -0.4 is 5.32 Å². The van der Waals surface area contributed by atoms with Crippen molar-refractivity contribution in [2.45, 2.75) is 12.6 Å². The molecule has 7 heteroatoms. The van der Waals surface area contributed by atoms with Crippen molar-refractivity contribution in [2.24, 2.45) is 5.92 Å². The van der Waals surface area contributed by atoms with Crippen molar-refractivity contribution in [2.75, 3.05) is 5.32 Å². The number of fused-ring (bicyclic) bond motifs is 1. The van der Waals surface area contributed by atoms with Crippen molar-refractivity contribution in [3.63, 3.8) is 0 Å². The largest absolute Gasteiger partial charge is 0.293 e. The SMILES string of the molecule is O=C(Nc1nc2cccc(Br)n2n1)[C@@H]1C[C@H]1F. The molecule has 1 aliphatic rings. The topological polar surface area (TPSA) is 59.3 Å². The summed E-state index contributed by atoms with van der Waals surface area (Å²) in [5.41, 5.74) is 0.613. The first-order valence-electron chi connectivity index (χ1n) is 5.11. The lowest BCUT2D eigenvalue weighted by molar-refractivity contribution is -0.117. The lowest BCUT2D eigenvalue weighted by atomic mass is 10.4. The number of carbonyl (C=O) groups excluding carboxylic acids is 1. The summed E-state index contributed by atoms with van der Waals surface area (Å²) in [6.45, 7) is 0. The van der Waals surface area contributed by atoms with Gasteiger partial charge in [-0.15, -0.1) is 5.10 Å². The van der Waals surface area contributed by atoms with Gasteiger partial charge in [0.1, 0.15) is 10.8 Å². The smallest absolute Gasteiger partial charge is 0.249 e. The first-order valence-corrected chi connectivity index (χ1v) is 5.90. The predicted octanol–water partition coefficient (Wildman–Crippen LogP) is 1.79. The van der Waals surface area contributed by atoms with Crippen LogP contribution in [0.15, 0.2) is 22.8 Å². The van der Waals surface area contributed by atoms with Crippen molar-refractivity contribution < 1.29 is 9.18 Å². The highest BCUT2D eigenvalue weighted by molar-refractivity contribution is 9.10. The van der Waals surface area contributed by atoms with Gasteiger partial charge in [0.25, 0.3) is 0 Å². The van der Waals surface area contributed by atoms with E-state index in [-0.39, 0.29) is 11.9 Å². The van der Waals surface area contributed by atoms with Gasteiger partial charge in [-0.2, -0.15) is 4.98 Å². The molecule has 1 saturated carbocycles. The summed E-state index contributed by atoms with van der Waals surface area (Å²) in [6, 6.07) is 5.40. The second-order valence-corrected chi connectivity index (χ2v) is 4.71. The normalized spacial score (nSPS) is 22.7. The molecule has 0 aromatic carbocycles. The van der Waals surface area contributed by atoms with Crippen LogP contribution in [0.3, 0.4) is 0 Å². The van der Waals surface area contributed by atoms with E-state index in [0.29, 0.717) is 12.1 Å². The number of carbonyl (C=O) groups is 1. The molecular weight excluding hydrogens is 291 g/mol. The van der Waals surface area contributed by atoms with Gasteiger partial charge in [-0.25, -0.2) is 8.91 Å². The average Bonchev–Trinajstić information content (AvgIpc) is 2.87. The van der Waals surface area contributed by atoms with Gasteiger partial charge >= 0.3 is 0 Å². The molecule has 3 rings (SSSR count). The first-order chi connectivity index (χ1) is 8.15. The molecule has 0 bridgehead atoms. The van der Waals surface area contributed by atoms with Crippen molar-refractivity contribution in [1.29, 1.82) is 0 Å². The third-order valence-electron chi connectivity index (χ3n) is 2.60. The van der Waals surface area contributed by atoms with Gasteiger partial charge < -0.3 is 0 Å². The minimum Gasteiger partial charge on any atom is -0.293 e. The molecule has 1 N–H and O–H groups in total. The highest BCUT2D eigenvalue weighted by Gasteiger charge is 2.44.